The maximum atomic E-state index is 12.8. The Kier molecular flexibility index (Phi) is 5.63. The first-order valence-corrected chi connectivity index (χ1v) is 8.93. The van der Waals surface area contributed by atoms with Crippen molar-refractivity contribution < 1.29 is 19.0 Å². The van der Waals surface area contributed by atoms with E-state index in [0.29, 0.717) is 36.0 Å². The van der Waals surface area contributed by atoms with Gasteiger partial charge >= 0.3 is 5.97 Å². The largest absolute Gasteiger partial charge is 0.493 e. The molecule has 0 radical (unpaired) electrons. The highest BCUT2D eigenvalue weighted by Gasteiger charge is 2.35. The Morgan fingerprint density at radius 1 is 1.22 bits per heavy atom. The van der Waals surface area contributed by atoms with Gasteiger partial charge in [-0.15, -0.1) is 0 Å². The molecule has 0 bridgehead atoms. The lowest BCUT2D eigenvalue weighted by molar-refractivity contribution is -0.139. The quantitative estimate of drug-likeness (QED) is 0.748. The number of nitrogens with zero attached hydrogens (tertiary/aromatic N) is 3. The summed E-state index contributed by atoms with van der Waals surface area (Å²) in [6.07, 6.45) is 3.04. The van der Waals surface area contributed by atoms with Crippen LogP contribution in [0, 0.1) is 0 Å². The molecule has 144 valence electrons. The fourth-order valence-corrected chi connectivity index (χ4v) is 3.24. The molecule has 1 unspecified atom stereocenters. The number of anilines is 1. The topological polar surface area (TPSA) is 87.5 Å². The molecule has 27 heavy (non-hydrogen) atoms. The van der Waals surface area contributed by atoms with Gasteiger partial charge in [-0.3, -0.25) is 0 Å². The zero-order valence-corrected chi connectivity index (χ0v) is 16.0. The third-order valence-electron chi connectivity index (χ3n) is 4.40. The number of esters is 1. The number of carbonyl (C=O) groups is 1. The molecule has 0 fully saturated rings. The molecule has 1 N–H and O–H groups in total. The van der Waals surface area contributed by atoms with Crippen molar-refractivity contribution in [2.75, 3.05) is 26.1 Å². The van der Waals surface area contributed by atoms with E-state index in [-0.39, 0.29) is 5.97 Å². The molecule has 0 amide bonds. The highest BCUT2D eigenvalue weighted by atomic mass is 16.5. The molecule has 1 aromatic carbocycles. The molecule has 8 heteroatoms. The Morgan fingerprint density at radius 3 is 2.67 bits per heavy atom. The lowest BCUT2D eigenvalue weighted by atomic mass is 9.93. The van der Waals surface area contributed by atoms with Crippen molar-refractivity contribution in [2.45, 2.75) is 32.7 Å². The average Bonchev–Trinajstić information content (AvgIpc) is 3.15. The van der Waals surface area contributed by atoms with Crippen molar-refractivity contribution in [2.24, 2.45) is 0 Å². The fourth-order valence-electron chi connectivity index (χ4n) is 3.24. The summed E-state index contributed by atoms with van der Waals surface area (Å²) in [4.78, 5) is 17.1. The van der Waals surface area contributed by atoms with Gasteiger partial charge in [0, 0.05) is 5.70 Å². The number of hydrogen-bond donors (Lipinski definition) is 1. The Labute approximate surface area is 158 Å². The molecule has 0 spiro atoms. The van der Waals surface area contributed by atoms with Gasteiger partial charge in [0.1, 0.15) is 12.4 Å². The predicted molar refractivity (Wildman–Crippen MR) is 99.9 cm³/mol. The van der Waals surface area contributed by atoms with Crippen LogP contribution < -0.4 is 14.8 Å². The van der Waals surface area contributed by atoms with E-state index in [1.165, 1.54) is 6.33 Å². The standard InChI is InChI=1S/C19H24N4O4/c1-5-7-13-16(18(24)27-6-2)17(23-19(22-13)20-11-21-23)12-8-9-14(25-3)15(10-12)26-4/h8-11,17H,5-7H2,1-4H3,(H,20,21,22). The summed E-state index contributed by atoms with van der Waals surface area (Å²) in [7, 11) is 3.16. The van der Waals surface area contributed by atoms with Crippen molar-refractivity contribution in [1.29, 1.82) is 0 Å². The number of hydrogen-bond acceptors (Lipinski definition) is 7. The normalized spacial score (nSPS) is 15.8. The van der Waals surface area contributed by atoms with Gasteiger partial charge in [-0.2, -0.15) is 10.1 Å². The smallest absolute Gasteiger partial charge is 0.338 e. The third kappa shape index (κ3) is 3.47. The van der Waals surface area contributed by atoms with Crippen LogP contribution in [0.3, 0.4) is 0 Å². The second-order valence-electron chi connectivity index (χ2n) is 6.03. The van der Waals surface area contributed by atoms with Crippen molar-refractivity contribution in [1.82, 2.24) is 14.8 Å². The third-order valence-corrected chi connectivity index (χ3v) is 4.40. The van der Waals surface area contributed by atoms with Gasteiger partial charge < -0.3 is 19.5 Å². The van der Waals surface area contributed by atoms with Crippen LogP contribution in [0.4, 0.5) is 5.95 Å². The maximum Gasteiger partial charge on any atom is 0.338 e. The summed E-state index contributed by atoms with van der Waals surface area (Å²) < 4.78 is 17.8. The van der Waals surface area contributed by atoms with E-state index >= 15 is 0 Å². The molecule has 2 aromatic rings. The van der Waals surface area contributed by atoms with Gasteiger partial charge in [0.15, 0.2) is 11.5 Å². The van der Waals surface area contributed by atoms with E-state index in [4.69, 9.17) is 14.2 Å². The van der Waals surface area contributed by atoms with Gasteiger partial charge in [0.25, 0.3) is 0 Å². The van der Waals surface area contributed by atoms with Gasteiger partial charge in [0.2, 0.25) is 5.95 Å². The number of aromatic nitrogens is 3. The number of fused-ring (bicyclic) bond motifs is 1. The first-order chi connectivity index (χ1) is 13.1. The molecule has 1 aliphatic rings. The Morgan fingerprint density at radius 2 is 2.00 bits per heavy atom. The van der Waals surface area contributed by atoms with Crippen molar-refractivity contribution in [3.05, 3.63) is 41.4 Å². The van der Waals surface area contributed by atoms with Crippen LogP contribution in [-0.4, -0.2) is 41.6 Å². The predicted octanol–water partition coefficient (Wildman–Crippen LogP) is 2.93. The van der Waals surface area contributed by atoms with E-state index in [9.17, 15) is 4.79 Å². The summed E-state index contributed by atoms with van der Waals surface area (Å²) in [6, 6.07) is 5.09. The lowest BCUT2D eigenvalue weighted by Crippen LogP contribution is -2.30. The van der Waals surface area contributed by atoms with E-state index < -0.39 is 6.04 Å². The lowest BCUT2D eigenvalue weighted by Gasteiger charge is -2.29. The van der Waals surface area contributed by atoms with Gasteiger partial charge in [-0.25, -0.2) is 9.48 Å². The molecule has 3 rings (SSSR count). The van der Waals surface area contributed by atoms with E-state index in [2.05, 4.69) is 22.3 Å². The van der Waals surface area contributed by atoms with E-state index in [1.807, 2.05) is 18.2 Å². The molecule has 0 saturated heterocycles. The molecule has 1 atom stereocenters. The Balaban J connectivity index is 2.18. The highest BCUT2D eigenvalue weighted by Crippen LogP contribution is 2.39. The van der Waals surface area contributed by atoms with Crippen molar-refractivity contribution in [3.63, 3.8) is 0 Å². The number of benzene rings is 1. The summed E-state index contributed by atoms with van der Waals surface area (Å²) in [5.41, 5.74) is 2.16. The monoisotopic (exact) mass is 372 g/mol. The van der Waals surface area contributed by atoms with Crippen molar-refractivity contribution >= 4 is 11.9 Å². The maximum absolute atomic E-state index is 12.8. The molecule has 2 heterocycles. The summed E-state index contributed by atoms with van der Waals surface area (Å²) >= 11 is 0. The minimum atomic E-state index is -0.468. The molecular formula is C19H24N4O4. The second-order valence-corrected chi connectivity index (χ2v) is 6.03. The molecule has 8 nitrogen and oxygen atoms in total. The number of allylic oxidation sites excluding steroid dienone is 1. The van der Waals surface area contributed by atoms with Crippen LogP contribution in [0.25, 0.3) is 0 Å². The number of ether oxygens (including phenoxy) is 3. The van der Waals surface area contributed by atoms with Gasteiger partial charge in [-0.05, 0) is 31.0 Å². The van der Waals surface area contributed by atoms with Gasteiger partial charge in [-0.1, -0.05) is 19.4 Å². The molecule has 1 aromatic heterocycles. The number of rotatable bonds is 7. The highest BCUT2D eigenvalue weighted by molar-refractivity contribution is 5.92. The summed E-state index contributed by atoms with van der Waals surface area (Å²) in [6.45, 7) is 4.15. The zero-order valence-electron chi connectivity index (χ0n) is 16.0. The average molecular weight is 372 g/mol. The van der Waals surface area contributed by atoms with Crippen LogP contribution in [0.5, 0.6) is 11.5 Å². The summed E-state index contributed by atoms with van der Waals surface area (Å²) in [5, 5.41) is 7.56. The fraction of sp³-hybridized carbons (Fsp3) is 0.421. The minimum absolute atomic E-state index is 0.296. The molecule has 0 saturated carbocycles. The SMILES string of the molecule is CCCC1=C(C(=O)OCC)C(c2ccc(OC)c(OC)c2)n2ncnc2N1. The minimum Gasteiger partial charge on any atom is -0.493 e. The van der Waals surface area contributed by atoms with E-state index in [0.717, 1.165) is 17.7 Å². The number of methoxy groups -OCH3 is 2. The Bertz CT molecular complexity index is 859. The van der Waals surface area contributed by atoms with Crippen LogP contribution in [0.1, 0.15) is 38.3 Å². The zero-order chi connectivity index (χ0) is 19.4. The van der Waals surface area contributed by atoms with Crippen LogP contribution in [-0.2, 0) is 9.53 Å². The molecule has 0 aliphatic carbocycles. The number of nitrogens with one attached hydrogen (secondary N) is 1. The van der Waals surface area contributed by atoms with Gasteiger partial charge in [0.05, 0.1) is 26.4 Å². The van der Waals surface area contributed by atoms with E-state index in [1.54, 1.807) is 25.8 Å². The summed E-state index contributed by atoms with van der Waals surface area (Å²) in [5.74, 6) is 1.42. The molecular weight excluding hydrogens is 348 g/mol. The van der Waals surface area contributed by atoms with Crippen LogP contribution >= 0.6 is 0 Å². The van der Waals surface area contributed by atoms with Crippen molar-refractivity contribution in [3.8, 4) is 11.5 Å². The first-order valence-electron chi connectivity index (χ1n) is 8.93. The molecule has 1 aliphatic heterocycles. The number of carbonyl (C=O) groups excluding carboxylic acids is 1. The second kappa shape index (κ2) is 8.11. The first kappa shape index (κ1) is 18.8. The van der Waals surface area contributed by atoms with Crippen LogP contribution in [0.15, 0.2) is 35.8 Å². The Hall–Kier alpha value is -3.03. The van der Waals surface area contributed by atoms with Crippen LogP contribution in [0.2, 0.25) is 0 Å².